The summed E-state index contributed by atoms with van der Waals surface area (Å²) in [5.74, 6) is -0.253. The smallest absolute Gasteiger partial charge is 0.323 e. The second kappa shape index (κ2) is 5.80. The number of hydrogen-bond donors (Lipinski definition) is 1. The highest BCUT2D eigenvalue weighted by molar-refractivity contribution is 5.93. The molecule has 112 valence electrons. The zero-order chi connectivity index (χ0) is 14.2. The van der Waals surface area contributed by atoms with Crippen molar-refractivity contribution in [2.75, 3.05) is 19.6 Å². The Balaban J connectivity index is 0.00000200. The van der Waals surface area contributed by atoms with Gasteiger partial charge < -0.3 is 20.7 Å². The van der Waals surface area contributed by atoms with Crippen LogP contribution in [0, 0.1) is 15.5 Å². The van der Waals surface area contributed by atoms with Gasteiger partial charge in [-0.3, -0.25) is 4.79 Å². The fourth-order valence-corrected chi connectivity index (χ4v) is 2.42. The molecule has 1 amide bonds. The molecule has 1 aliphatic heterocycles. The lowest BCUT2D eigenvalue weighted by Gasteiger charge is -2.22. The van der Waals surface area contributed by atoms with Gasteiger partial charge in [-0.1, -0.05) is 6.92 Å². The molecule has 0 aromatic carbocycles. The maximum absolute atomic E-state index is 12.3. The summed E-state index contributed by atoms with van der Waals surface area (Å²) in [7, 11) is 1.53. The minimum Gasteiger partial charge on any atom is -0.358 e. The van der Waals surface area contributed by atoms with Crippen molar-refractivity contribution in [2.45, 2.75) is 13.3 Å². The lowest BCUT2D eigenvalue weighted by atomic mass is 9.90. The number of nitrogens with zero attached hydrogens (tertiary/aromatic N) is 3. The van der Waals surface area contributed by atoms with Gasteiger partial charge in [0.05, 0.1) is 7.05 Å². The normalized spacial score (nSPS) is 21.6. The van der Waals surface area contributed by atoms with Gasteiger partial charge in [-0.25, -0.2) is 4.57 Å². The highest BCUT2D eigenvalue weighted by Gasteiger charge is 2.37. The summed E-state index contributed by atoms with van der Waals surface area (Å²) in [6.45, 7) is 3.82. The third-order valence-corrected chi connectivity index (χ3v) is 3.84. The topological polar surface area (TPSA) is 94.4 Å². The van der Waals surface area contributed by atoms with Crippen LogP contribution in [0.4, 0.5) is 5.82 Å². The number of likely N-dealkylation sites (tertiary alicyclic amines) is 1. The van der Waals surface area contributed by atoms with Crippen LogP contribution in [-0.2, 0) is 7.05 Å². The maximum Gasteiger partial charge on any atom is 0.323 e. The van der Waals surface area contributed by atoms with Crippen LogP contribution in [0.15, 0.2) is 12.1 Å². The van der Waals surface area contributed by atoms with Crippen LogP contribution in [0.3, 0.4) is 0 Å². The number of amides is 1. The first-order valence-electron chi connectivity index (χ1n) is 6.17. The average molecular weight is 303 g/mol. The zero-order valence-electron chi connectivity index (χ0n) is 11.5. The minimum absolute atomic E-state index is 0. The summed E-state index contributed by atoms with van der Waals surface area (Å²) in [6, 6.07) is 2.85. The fraction of sp³-hybridized carbons (Fsp3) is 0.583. The number of aromatic nitrogens is 1. The van der Waals surface area contributed by atoms with E-state index in [2.05, 4.69) is 0 Å². The van der Waals surface area contributed by atoms with Crippen molar-refractivity contribution in [3.8, 4) is 0 Å². The van der Waals surface area contributed by atoms with E-state index in [-0.39, 0.29) is 29.5 Å². The molecule has 0 radical (unpaired) electrons. The Morgan fingerprint density at radius 2 is 2.20 bits per heavy atom. The van der Waals surface area contributed by atoms with Crippen LogP contribution in [0.5, 0.6) is 0 Å². The minimum atomic E-state index is -0.495. The molecule has 2 rings (SSSR count). The zero-order valence-corrected chi connectivity index (χ0v) is 12.4. The number of halogens is 1. The lowest BCUT2D eigenvalue weighted by Crippen LogP contribution is -2.35. The molecule has 1 aliphatic rings. The monoisotopic (exact) mass is 302 g/mol. The van der Waals surface area contributed by atoms with E-state index in [0.29, 0.717) is 25.3 Å². The molecule has 1 fully saturated rings. The van der Waals surface area contributed by atoms with Crippen molar-refractivity contribution in [1.29, 1.82) is 0 Å². The van der Waals surface area contributed by atoms with Crippen LogP contribution in [0.2, 0.25) is 0 Å². The van der Waals surface area contributed by atoms with Crippen LogP contribution < -0.4 is 5.73 Å². The highest BCUT2D eigenvalue weighted by atomic mass is 35.5. The number of nitrogens with two attached hydrogens (primary N) is 1. The van der Waals surface area contributed by atoms with Gasteiger partial charge >= 0.3 is 5.82 Å². The van der Waals surface area contributed by atoms with Crippen molar-refractivity contribution >= 4 is 24.1 Å². The summed E-state index contributed by atoms with van der Waals surface area (Å²) in [6.07, 6.45) is 0.863. The Hall–Kier alpha value is -1.60. The predicted molar refractivity (Wildman–Crippen MR) is 77.0 cm³/mol. The Morgan fingerprint density at radius 3 is 2.65 bits per heavy atom. The number of hydrogen-bond acceptors (Lipinski definition) is 4. The molecule has 1 unspecified atom stereocenters. The molecule has 0 saturated carbocycles. The molecule has 7 nitrogen and oxygen atoms in total. The number of carbonyl (C=O) groups is 1. The van der Waals surface area contributed by atoms with E-state index in [1.54, 1.807) is 4.90 Å². The van der Waals surface area contributed by atoms with E-state index in [4.69, 9.17) is 5.73 Å². The Kier molecular flexibility index (Phi) is 4.77. The molecule has 0 aliphatic carbocycles. The standard InChI is InChI=1S/C12H18N4O3.ClH/c1-12(7-13)5-6-15(8-12)11(17)9-3-4-10(14(9)2)16(18)19;/h3-4H,5-8,13H2,1-2H3;1H. The van der Waals surface area contributed by atoms with E-state index in [9.17, 15) is 14.9 Å². The van der Waals surface area contributed by atoms with Crippen molar-refractivity contribution in [2.24, 2.45) is 18.2 Å². The van der Waals surface area contributed by atoms with Gasteiger partial charge in [-0.05, 0) is 29.4 Å². The maximum atomic E-state index is 12.3. The first-order valence-corrected chi connectivity index (χ1v) is 6.17. The predicted octanol–water partition coefficient (Wildman–Crippen LogP) is 1.17. The van der Waals surface area contributed by atoms with Crippen LogP contribution in [0.25, 0.3) is 0 Å². The van der Waals surface area contributed by atoms with Gasteiger partial charge in [0.25, 0.3) is 5.91 Å². The van der Waals surface area contributed by atoms with E-state index in [1.165, 1.54) is 23.7 Å². The molecule has 8 heteroatoms. The van der Waals surface area contributed by atoms with Gasteiger partial charge in [-0.2, -0.15) is 0 Å². The first kappa shape index (κ1) is 16.5. The van der Waals surface area contributed by atoms with Crippen LogP contribution in [0.1, 0.15) is 23.8 Å². The molecule has 1 aromatic heterocycles. The van der Waals surface area contributed by atoms with Gasteiger partial charge in [0.15, 0.2) is 5.69 Å². The molecule has 2 N–H and O–H groups in total. The third-order valence-electron chi connectivity index (χ3n) is 3.84. The van der Waals surface area contributed by atoms with Crippen LogP contribution >= 0.6 is 12.4 Å². The second-order valence-electron chi connectivity index (χ2n) is 5.38. The molecular formula is C12H19ClN4O3. The number of carbonyl (C=O) groups excluding carboxylic acids is 1. The number of rotatable bonds is 3. The summed E-state index contributed by atoms with van der Waals surface area (Å²) < 4.78 is 1.32. The van der Waals surface area contributed by atoms with Crippen LogP contribution in [-0.4, -0.2) is 39.9 Å². The molecule has 0 spiro atoms. The molecule has 1 atom stereocenters. The summed E-state index contributed by atoms with van der Waals surface area (Å²) in [4.78, 5) is 24.3. The Bertz CT molecular complexity index is 531. The van der Waals surface area contributed by atoms with Gasteiger partial charge in [0.2, 0.25) is 0 Å². The molecule has 1 saturated heterocycles. The van der Waals surface area contributed by atoms with E-state index < -0.39 is 4.92 Å². The van der Waals surface area contributed by atoms with Gasteiger partial charge in [0, 0.05) is 19.2 Å². The SMILES string of the molecule is Cl.Cn1c(C(=O)N2CCC(C)(CN)C2)ccc1[N+](=O)[O-]. The second-order valence-corrected chi connectivity index (χ2v) is 5.38. The van der Waals surface area contributed by atoms with E-state index in [0.717, 1.165) is 6.42 Å². The molecule has 1 aromatic rings. The molecular weight excluding hydrogens is 284 g/mol. The largest absolute Gasteiger partial charge is 0.358 e. The van der Waals surface area contributed by atoms with Crippen molar-refractivity contribution < 1.29 is 9.72 Å². The third kappa shape index (κ3) is 2.78. The first-order chi connectivity index (χ1) is 8.88. The van der Waals surface area contributed by atoms with Gasteiger partial charge in [0.1, 0.15) is 0 Å². The molecule has 0 bridgehead atoms. The summed E-state index contributed by atoms with van der Waals surface area (Å²) in [5, 5.41) is 10.8. The Morgan fingerprint density at radius 1 is 1.55 bits per heavy atom. The quantitative estimate of drug-likeness (QED) is 0.669. The van der Waals surface area contributed by atoms with Crippen molar-refractivity contribution in [1.82, 2.24) is 9.47 Å². The Labute approximate surface area is 123 Å². The van der Waals surface area contributed by atoms with Crippen molar-refractivity contribution in [3.05, 3.63) is 27.9 Å². The molecule has 2 heterocycles. The molecule has 20 heavy (non-hydrogen) atoms. The van der Waals surface area contributed by atoms with Gasteiger partial charge in [-0.15, -0.1) is 12.4 Å². The highest BCUT2D eigenvalue weighted by Crippen LogP contribution is 2.30. The number of nitro groups is 1. The summed E-state index contributed by atoms with van der Waals surface area (Å²) >= 11 is 0. The van der Waals surface area contributed by atoms with Crippen molar-refractivity contribution in [3.63, 3.8) is 0 Å². The van der Waals surface area contributed by atoms with E-state index in [1.807, 2.05) is 6.92 Å². The fourth-order valence-electron chi connectivity index (χ4n) is 2.42. The van der Waals surface area contributed by atoms with E-state index >= 15 is 0 Å². The lowest BCUT2D eigenvalue weighted by molar-refractivity contribution is -0.391. The average Bonchev–Trinajstić information content (AvgIpc) is 2.93. The summed E-state index contributed by atoms with van der Waals surface area (Å²) in [5.41, 5.74) is 6.00.